The Morgan fingerprint density at radius 2 is 1.54 bits per heavy atom. The van der Waals surface area contributed by atoms with E-state index in [-0.39, 0.29) is 0 Å². The Kier molecular flexibility index (Phi) is 7.74. The molecule has 4 heterocycles. The summed E-state index contributed by atoms with van der Waals surface area (Å²) in [6, 6.07) is 18.6. The van der Waals surface area contributed by atoms with Crippen molar-refractivity contribution in [2.24, 2.45) is 0 Å². The van der Waals surface area contributed by atoms with Crippen LogP contribution in [0.3, 0.4) is 0 Å². The van der Waals surface area contributed by atoms with Crippen LogP contribution in [0, 0.1) is 0 Å². The third-order valence-corrected chi connectivity index (χ3v) is 5.77. The molecule has 182 valence electrons. The van der Waals surface area contributed by atoms with E-state index in [1.54, 1.807) is 0 Å². The summed E-state index contributed by atoms with van der Waals surface area (Å²) in [4.78, 5) is 23.9. The summed E-state index contributed by atoms with van der Waals surface area (Å²) in [6.07, 6.45) is 3.43. The van der Waals surface area contributed by atoms with Gasteiger partial charge >= 0.3 is 18.0 Å². The van der Waals surface area contributed by atoms with Gasteiger partial charge < -0.3 is 29.2 Å². The van der Waals surface area contributed by atoms with Gasteiger partial charge in [-0.15, -0.1) is 5.10 Å². The first-order valence-electron chi connectivity index (χ1n) is 11.3. The van der Waals surface area contributed by atoms with Crippen LogP contribution in [-0.4, -0.2) is 69.5 Å². The molecule has 2 bridgehead atoms. The molecule has 3 saturated heterocycles. The van der Waals surface area contributed by atoms with Gasteiger partial charge in [-0.2, -0.15) is 0 Å². The highest BCUT2D eigenvalue weighted by Crippen LogP contribution is 2.34. The maximum absolute atomic E-state index is 9.55. The second-order valence-electron chi connectivity index (χ2n) is 8.08. The Morgan fingerprint density at radius 3 is 2.23 bits per heavy atom. The topological polar surface area (TPSA) is 129 Å². The summed E-state index contributed by atoms with van der Waals surface area (Å²) in [6.45, 7) is 4.32. The molecule has 6 rings (SSSR count). The fourth-order valence-corrected chi connectivity index (χ4v) is 4.07. The van der Waals surface area contributed by atoms with Crippen LogP contribution in [0.2, 0.25) is 0 Å². The van der Waals surface area contributed by atoms with Crippen molar-refractivity contribution in [1.82, 2.24) is 15.1 Å². The number of para-hydroxylation sites is 2. The molecular weight excluding hydrogens is 452 g/mol. The average molecular weight is 479 g/mol. The number of fused-ring (bicyclic) bond motifs is 4. The lowest BCUT2D eigenvalue weighted by Gasteiger charge is -2.29. The largest absolute Gasteiger partial charge is 0.478 e. The summed E-state index contributed by atoms with van der Waals surface area (Å²) < 4.78 is 12.1. The van der Waals surface area contributed by atoms with E-state index < -0.39 is 11.9 Å². The number of piperidine rings is 1. The third-order valence-electron chi connectivity index (χ3n) is 5.77. The van der Waals surface area contributed by atoms with Gasteiger partial charge in [-0.05, 0) is 37.1 Å². The Bertz CT molecular complexity index is 1160. The number of benzene rings is 2. The van der Waals surface area contributed by atoms with Gasteiger partial charge in [0.15, 0.2) is 0 Å². The first kappa shape index (κ1) is 24.0. The highest BCUT2D eigenvalue weighted by molar-refractivity contribution is 5.89. The van der Waals surface area contributed by atoms with Gasteiger partial charge in [0.05, 0.1) is 5.56 Å². The lowest BCUT2D eigenvalue weighted by Crippen LogP contribution is -2.38. The van der Waals surface area contributed by atoms with Gasteiger partial charge in [-0.3, -0.25) is 0 Å². The van der Waals surface area contributed by atoms with Crippen LogP contribution >= 0.6 is 0 Å². The van der Waals surface area contributed by atoms with Crippen LogP contribution in [0.1, 0.15) is 12.8 Å². The lowest BCUT2D eigenvalue weighted by atomic mass is 10.1. The quantitative estimate of drug-likeness (QED) is 0.508. The zero-order valence-electron chi connectivity index (χ0n) is 19.0. The van der Waals surface area contributed by atoms with E-state index in [2.05, 4.69) is 20.0 Å². The molecule has 1 aromatic heterocycles. The van der Waals surface area contributed by atoms with Crippen LogP contribution in [-0.2, 0) is 9.59 Å². The lowest BCUT2D eigenvalue weighted by molar-refractivity contribution is -0.134. The number of rotatable bonds is 6. The van der Waals surface area contributed by atoms with Gasteiger partial charge in [-0.25, -0.2) is 9.59 Å². The summed E-state index contributed by atoms with van der Waals surface area (Å²) >= 11 is 0. The standard InChI is InChI=1S/C21H22N4O2.C4H4O4/c1-2-6-17(7-3-1)26-19-9-5-4-8-18(19)20-22-23-21(27-20)25-15-14-24-12-10-16(25)11-13-24;5-3(6)1-2-4(7)8/h1-9,16H,10-15H2;1-2H,(H,5,6)(H,7,8)/b;2-1+. The van der Waals surface area contributed by atoms with Gasteiger partial charge in [0.25, 0.3) is 5.89 Å². The Morgan fingerprint density at radius 1 is 0.886 bits per heavy atom. The molecule has 0 unspecified atom stereocenters. The summed E-state index contributed by atoms with van der Waals surface area (Å²) in [5.74, 6) is -0.527. The second-order valence-corrected chi connectivity index (χ2v) is 8.08. The molecule has 0 aliphatic carbocycles. The van der Waals surface area contributed by atoms with E-state index in [0.29, 0.717) is 35.8 Å². The normalized spacial score (nSPS) is 19.0. The first-order valence-corrected chi connectivity index (χ1v) is 11.3. The maximum Gasteiger partial charge on any atom is 0.328 e. The number of aliphatic carboxylic acids is 2. The number of ether oxygens (including phenoxy) is 1. The van der Waals surface area contributed by atoms with Crippen LogP contribution in [0.25, 0.3) is 11.5 Å². The molecule has 2 aromatic carbocycles. The molecule has 35 heavy (non-hydrogen) atoms. The fraction of sp³-hybridized carbons (Fsp3) is 0.280. The zero-order chi connectivity index (χ0) is 24.6. The number of anilines is 1. The van der Waals surface area contributed by atoms with Crippen LogP contribution in [0.5, 0.6) is 11.5 Å². The number of carboxylic acids is 2. The van der Waals surface area contributed by atoms with Crippen molar-refractivity contribution in [1.29, 1.82) is 0 Å². The SMILES string of the molecule is O=C(O)/C=C/C(=O)O.c1ccc(Oc2ccccc2-c2nnc(N3CCN4CCC3CC4)o2)cc1. The Labute approximate surface area is 202 Å². The maximum atomic E-state index is 9.55. The molecule has 0 atom stereocenters. The van der Waals surface area contributed by atoms with E-state index in [1.807, 2.05) is 54.6 Å². The van der Waals surface area contributed by atoms with Gasteiger partial charge in [-0.1, -0.05) is 35.4 Å². The second kappa shape index (κ2) is 11.3. The number of nitrogens with zero attached hydrogens (tertiary/aromatic N) is 4. The van der Waals surface area contributed by atoms with Crippen molar-refractivity contribution >= 4 is 18.0 Å². The van der Waals surface area contributed by atoms with Gasteiger partial charge in [0, 0.05) is 44.4 Å². The van der Waals surface area contributed by atoms with Crippen molar-refractivity contribution in [2.45, 2.75) is 18.9 Å². The van der Waals surface area contributed by atoms with E-state index in [1.165, 1.54) is 0 Å². The number of hydrogen-bond acceptors (Lipinski definition) is 8. The van der Waals surface area contributed by atoms with Crippen molar-refractivity contribution in [3.05, 3.63) is 66.7 Å². The number of aromatic nitrogens is 2. The zero-order valence-corrected chi connectivity index (χ0v) is 19.0. The molecule has 3 aromatic rings. The van der Waals surface area contributed by atoms with Crippen LogP contribution < -0.4 is 9.64 Å². The number of hydrogen-bond donors (Lipinski definition) is 2. The highest BCUT2D eigenvalue weighted by atomic mass is 16.5. The number of carboxylic acid groups (broad SMARTS) is 2. The van der Waals surface area contributed by atoms with Crippen molar-refractivity contribution in [3.8, 4) is 23.0 Å². The van der Waals surface area contributed by atoms with Crippen molar-refractivity contribution in [2.75, 3.05) is 31.1 Å². The van der Waals surface area contributed by atoms with Gasteiger partial charge in [0.1, 0.15) is 11.5 Å². The minimum absolute atomic E-state index is 0.493. The molecule has 10 heteroatoms. The summed E-state index contributed by atoms with van der Waals surface area (Å²) in [7, 11) is 0. The predicted octanol–water partition coefficient (Wildman–Crippen LogP) is 3.53. The molecule has 10 nitrogen and oxygen atoms in total. The van der Waals surface area contributed by atoms with Gasteiger partial charge in [0.2, 0.25) is 0 Å². The fourth-order valence-electron chi connectivity index (χ4n) is 4.07. The monoisotopic (exact) mass is 478 g/mol. The van der Waals surface area contributed by atoms with Crippen molar-refractivity contribution in [3.63, 3.8) is 0 Å². The minimum atomic E-state index is -1.26. The molecular formula is C25H26N4O6. The Balaban J connectivity index is 0.000000314. The number of carbonyl (C=O) groups is 2. The predicted molar refractivity (Wildman–Crippen MR) is 127 cm³/mol. The minimum Gasteiger partial charge on any atom is -0.478 e. The highest BCUT2D eigenvalue weighted by Gasteiger charge is 2.32. The van der Waals surface area contributed by atoms with Crippen LogP contribution in [0.15, 0.2) is 71.2 Å². The molecule has 0 spiro atoms. The molecule has 3 aliphatic rings. The molecule has 0 saturated carbocycles. The Hall–Kier alpha value is -4.18. The molecule has 3 fully saturated rings. The van der Waals surface area contributed by atoms with E-state index in [9.17, 15) is 9.59 Å². The average Bonchev–Trinajstić information content (AvgIpc) is 3.15. The molecule has 0 amide bonds. The summed E-state index contributed by atoms with van der Waals surface area (Å²) in [5.41, 5.74) is 0.808. The molecule has 2 N–H and O–H groups in total. The first-order chi connectivity index (χ1) is 17.0. The van der Waals surface area contributed by atoms with E-state index in [0.717, 1.165) is 50.3 Å². The molecule has 0 radical (unpaired) electrons. The van der Waals surface area contributed by atoms with E-state index in [4.69, 9.17) is 19.4 Å². The third kappa shape index (κ3) is 6.45. The molecule has 3 aliphatic heterocycles. The van der Waals surface area contributed by atoms with Crippen molar-refractivity contribution < 1.29 is 29.0 Å². The summed E-state index contributed by atoms with van der Waals surface area (Å²) in [5, 5.41) is 24.3. The van der Waals surface area contributed by atoms with Crippen LogP contribution in [0.4, 0.5) is 6.01 Å². The van der Waals surface area contributed by atoms with E-state index >= 15 is 0 Å². The smallest absolute Gasteiger partial charge is 0.328 e.